The number of nitrogens with two attached hydrogens (primary N) is 1. The first-order chi connectivity index (χ1) is 8.00. The van der Waals surface area contributed by atoms with Gasteiger partial charge in [-0.15, -0.1) is 0 Å². The van der Waals surface area contributed by atoms with E-state index < -0.39 is 5.54 Å². The Kier molecular flexibility index (Phi) is 2.99. The Morgan fingerprint density at radius 3 is 2.24 bits per heavy atom. The van der Waals surface area contributed by atoms with Gasteiger partial charge in [0.05, 0.1) is 5.54 Å². The van der Waals surface area contributed by atoms with Gasteiger partial charge in [-0.25, -0.2) is 4.39 Å². The van der Waals surface area contributed by atoms with Gasteiger partial charge < -0.3 is 5.73 Å². The summed E-state index contributed by atoms with van der Waals surface area (Å²) >= 11 is 0. The maximum absolute atomic E-state index is 13.2. The summed E-state index contributed by atoms with van der Waals surface area (Å²) in [5, 5.41) is 0. The average molecular weight is 229 g/mol. The fourth-order valence-corrected chi connectivity index (χ4v) is 1.88. The smallest absolute Gasteiger partial charge is 0.123 e. The molecular formula is C15H16FN. The SMILES string of the molecule is Cc1ccc(C(C)(N)c2cccc(F)c2)cc1. The fourth-order valence-electron chi connectivity index (χ4n) is 1.88. The van der Waals surface area contributed by atoms with Crippen LogP contribution in [0.2, 0.25) is 0 Å². The predicted octanol–water partition coefficient (Wildman–Crippen LogP) is 3.36. The molecule has 0 bridgehead atoms. The van der Waals surface area contributed by atoms with Crippen molar-refractivity contribution < 1.29 is 4.39 Å². The first-order valence-corrected chi connectivity index (χ1v) is 5.62. The normalized spacial score (nSPS) is 14.4. The zero-order valence-electron chi connectivity index (χ0n) is 10.1. The molecule has 0 radical (unpaired) electrons. The third kappa shape index (κ3) is 2.37. The van der Waals surface area contributed by atoms with E-state index in [0.717, 1.165) is 11.1 Å². The van der Waals surface area contributed by atoms with Crippen LogP contribution in [0.5, 0.6) is 0 Å². The van der Waals surface area contributed by atoms with E-state index in [9.17, 15) is 4.39 Å². The standard InChI is InChI=1S/C15H16FN/c1-11-6-8-12(9-7-11)15(2,17)13-4-3-5-14(16)10-13/h3-10H,17H2,1-2H3. The number of aryl methyl sites for hydroxylation is 1. The molecule has 1 unspecified atom stereocenters. The lowest BCUT2D eigenvalue weighted by molar-refractivity contribution is 0.581. The Morgan fingerprint density at radius 2 is 1.65 bits per heavy atom. The molecule has 2 aromatic carbocycles. The van der Waals surface area contributed by atoms with E-state index in [2.05, 4.69) is 0 Å². The Hall–Kier alpha value is -1.67. The van der Waals surface area contributed by atoms with E-state index >= 15 is 0 Å². The van der Waals surface area contributed by atoms with Crippen LogP contribution in [0.3, 0.4) is 0 Å². The van der Waals surface area contributed by atoms with Crippen molar-refractivity contribution in [1.82, 2.24) is 0 Å². The monoisotopic (exact) mass is 229 g/mol. The first-order valence-electron chi connectivity index (χ1n) is 5.62. The molecule has 1 nitrogen and oxygen atoms in total. The van der Waals surface area contributed by atoms with Crippen LogP contribution in [0.15, 0.2) is 48.5 Å². The molecule has 0 fully saturated rings. The summed E-state index contributed by atoms with van der Waals surface area (Å²) < 4.78 is 13.2. The van der Waals surface area contributed by atoms with Crippen molar-refractivity contribution in [3.8, 4) is 0 Å². The first kappa shape index (κ1) is 11.8. The van der Waals surface area contributed by atoms with Gasteiger partial charge >= 0.3 is 0 Å². The summed E-state index contributed by atoms with van der Waals surface area (Å²) in [5.74, 6) is -0.258. The number of rotatable bonds is 2. The highest BCUT2D eigenvalue weighted by atomic mass is 19.1. The summed E-state index contributed by atoms with van der Waals surface area (Å²) in [5.41, 5.74) is 8.58. The van der Waals surface area contributed by atoms with Gasteiger partial charge in [0.15, 0.2) is 0 Å². The second-order valence-corrected chi connectivity index (χ2v) is 4.58. The molecule has 0 aliphatic rings. The molecule has 2 N–H and O–H groups in total. The van der Waals surface area contributed by atoms with E-state index in [1.165, 1.54) is 17.7 Å². The predicted molar refractivity (Wildman–Crippen MR) is 68.2 cm³/mol. The molecule has 1 atom stereocenters. The Morgan fingerprint density at radius 1 is 1.00 bits per heavy atom. The molecule has 0 aromatic heterocycles. The molecular weight excluding hydrogens is 213 g/mol. The van der Waals surface area contributed by atoms with Gasteiger partial charge in [0, 0.05) is 0 Å². The molecule has 2 aromatic rings. The van der Waals surface area contributed by atoms with Crippen molar-refractivity contribution in [3.63, 3.8) is 0 Å². The second kappa shape index (κ2) is 4.30. The lowest BCUT2D eigenvalue weighted by Gasteiger charge is -2.26. The summed E-state index contributed by atoms with van der Waals surface area (Å²) in [4.78, 5) is 0. The molecule has 0 saturated heterocycles. The topological polar surface area (TPSA) is 26.0 Å². The molecule has 0 aliphatic carbocycles. The molecule has 0 saturated carbocycles. The van der Waals surface area contributed by atoms with Crippen LogP contribution in [0.25, 0.3) is 0 Å². The average Bonchev–Trinajstić information content (AvgIpc) is 2.29. The zero-order chi connectivity index (χ0) is 12.5. The summed E-state index contributed by atoms with van der Waals surface area (Å²) in [6.07, 6.45) is 0. The minimum absolute atomic E-state index is 0.258. The number of hydrogen-bond acceptors (Lipinski definition) is 1. The lowest BCUT2D eigenvalue weighted by atomic mass is 9.85. The van der Waals surface area contributed by atoms with Gasteiger partial charge in [0.1, 0.15) is 5.82 Å². The molecule has 0 heterocycles. The van der Waals surface area contributed by atoms with Crippen LogP contribution in [0, 0.1) is 12.7 Å². The Labute approximate surface area is 101 Å². The second-order valence-electron chi connectivity index (χ2n) is 4.58. The minimum atomic E-state index is -0.671. The van der Waals surface area contributed by atoms with E-state index in [4.69, 9.17) is 5.73 Å². The van der Waals surface area contributed by atoms with Gasteiger partial charge in [-0.1, -0.05) is 42.0 Å². The van der Waals surface area contributed by atoms with Crippen LogP contribution in [0.1, 0.15) is 23.6 Å². The highest BCUT2D eigenvalue weighted by Gasteiger charge is 2.23. The third-order valence-electron chi connectivity index (χ3n) is 3.08. The van der Waals surface area contributed by atoms with Crippen molar-refractivity contribution in [2.24, 2.45) is 5.73 Å². The van der Waals surface area contributed by atoms with Crippen LogP contribution in [-0.4, -0.2) is 0 Å². The van der Waals surface area contributed by atoms with Crippen molar-refractivity contribution >= 4 is 0 Å². The van der Waals surface area contributed by atoms with Gasteiger partial charge in [-0.2, -0.15) is 0 Å². The number of hydrogen-bond donors (Lipinski definition) is 1. The summed E-state index contributed by atoms with van der Waals surface area (Å²) in [7, 11) is 0. The van der Waals surface area contributed by atoms with Crippen molar-refractivity contribution in [3.05, 3.63) is 71.0 Å². The largest absolute Gasteiger partial charge is 0.318 e. The third-order valence-corrected chi connectivity index (χ3v) is 3.08. The van der Waals surface area contributed by atoms with Crippen molar-refractivity contribution in [2.75, 3.05) is 0 Å². The van der Waals surface area contributed by atoms with Crippen molar-refractivity contribution in [2.45, 2.75) is 19.4 Å². The molecule has 2 heteroatoms. The fraction of sp³-hybridized carbons (Fsp3) is 0.200. The quantitative estimate of drug-likeness (QED) is 0.839. The number of halogens is 1. The molecule has 88 valence electrons. The van der Waals surface area contributed by atoms with Crippen LogP contribution in [-0.2, 0) is 5.54 Å². The minimum Gasteiger partial charge on any atom is -0.318 e. The highest BCUT2D eigenvalue weighted by Crippen LogP contribution is 2.26. The summed E-state index contributed by atoms with van der Waals surface area (Å²) in [6.45, 7) is 3.92. The van der Waals surface area contributed by atoms with Crippen LogP contribution >= 0.6 is 0 Å². The van der Waals surface area contributed by atoms with E-state index in [1.54, 1.807) is 6.07 Å². The van der Waals surface area contributed by atoms with Crippen molar-refractivity contribution in [1.29, 1.82) is 0 Å². The molecule has 2 rings (SSSR count). The lowest BCUT2D eigenvalue weighted by Crippen LogP contribution is -2.34. The zero-order valence-corrected chi connectivity index (χ0v) is 10.1. The summed E-state index contributed by atoms with van der Waals surface area (Å²) in [6, 6.07) is 14.4. The van der Waals surface area contributed by atoms with E-state index in [-0.39, 0.29) is 5.82 Å². The van der Waals surface area contributed by atoms with Crippen LogP contribution < -0.4 is 5.73 Å². The molecule has 0 amide bonds. The Balaban J connectivity index is 2.45. The molecule has 17 heavy (non-hydrogen) atoms. The maximum atomic E-state index is 13.2. The van der Waals surface area contributed by atoms with Gasteiger partial charge in [-0.05, 0) is 37.1 Å². The maximum Gasteiger partial charge on any atom is 0.123 e. The van der Waals surface area contributed by atoms with Gasteiger partial charge in [0.2, 0.25) is 0 Å². The molecule has 0 spiro atoms. The number of benzene rings is 2. The van der Waals surface area contributed by atoms with E-state index in [0.29, 0.717) is 0 Å². The van der Waals surface area contributed by atoms with Crippen LogP contribution in [0.4, 0.5) is 4.39 Å². The van der Waals surface area contributed by atoms with Gasteiger partial charge in [0.25, 0.3) is 0 Å². The van der Waals surface area contributed by atoms with E-state index in [1.807, 2.05) is 44.2 Å². The molecule has 0 aliphatic heterocycles. The van der Waals surface area contributed by atoms with Gasteiger partial charge in [-0.3, -0.25) is 0 Å². The Bertz CT molecular complexity index is 515. The highest BCUT2D eigenvalue weighted by molar-refractivity contribution is 5.38.